The quantitative estimate of drug-likeness (QED) is 0.169. The van der Waals surface area contributed by atoms with Gasteiger partial charge in [0.25, 0.3) is 0 Å². The topological polar surface area (TPSA) is 30.9 Å². The second kappa shape index (κ2) is 14.1. The molecule has 1 heterocycles. The normalized spacial score (nSPS) is 11.8. The number of nitrogens with zero attached hydrogens (tertiary/aromatic N) is 1. The van der Waals surface area contributed by atoms with E-state index in [1.54, 1.807) is 6.20 Å². The van der Waals surface area contributed by atoms with E-state index in [1.165, 1.54) is 104 Å². The Morgan fingerprint density at radius 2 is 0.814 bits per heavy atom. The highest BCUT2D eigenvalue weighted by molar-refractivity contribution is 6.21. The van der Waals surface area contributed by atoms with Crippen LogP contribution >= 0.6 is 0 Å². The highest BCUT2D eigenvalue weighted by Crippen LogP contribution is 2.45. The minimum Gasteiger partial charge on any atom is -0.405 e. The first-order valence-electron chi connectivity index (χ1n) is 20.3. The molecule has 0 bridgehead atoms. The number of aromatic nitrogens is 1. The molecule has 0 atom stereocenters. The summed E-state index contributed by atoms with van der Waals surface area (Å²) in [6, 6.07) is 73.3. The lowest BCUT2D eigenvalue weighted by molar-refractivity contribution is 1.10. The maximum atomic E-state index is 5.94. The van der Waals surface area contributed by atoms with Gasteiger partial charge in [-0.2, -0.15) is 0 Å². The third kappa shape index (κ3) is 5.80. The Morgan fingerprint density at radius 3 is 1.46 bits per heavy atom. The van der Waals surface area contributed by atoms with Crippen molar-refractivity contribution in [1.29, 1.82) is 0 Å². The largest absolute Gasteiger partial charge is 0.405 e. The average molecular weight is 753 g/mol. The number of benzene rings is 10. The van der Waals surface area contributed by atoms with Crippen molar-refractivity contribution in [3.8, 4) is 50.2 Å². The Balaban J connectivity index is 0.991. The molecule has 0 saturated heterocycles. The first kappa shape index (κ1) is 34.6. The zero-order valence-electron chi connectivity index (χ0n) is 32.7. The Labute approximate surface area is 343 Å². The summed E-state index contributed by atoms with van der Waals surface area (Å²) in [5.74, 6) is 0. The molecule has 0 aliphatic carbocycles. The molecule has 278 valence electrons. The minimum atomic E-state index is 1.10. The van der Waals surface area contributed by atoms with Crippen molar-refractivity contribution >= 4 is 60.1 Å². The molecule has 0 aliphatic rings. The summed E-state index contributed by atoms with van der Waals surface area (Å²) in [6.45, 7) is 2.19. The number of aryl methyl sites for hydroxylation is 1. The van der Waals surface area contributed by atoms with Crippen LogP contribution in [0.1, 0.15) is 11.3 Å². The summed E-state index contributed by atoms with van der Waals surface area (Å²) >= 11 is 0. The molecule has 11 aromatic rings. The van der Waals surface area contributed by atoms with Crippen molar-refractivity contribution < 1.29 is 0 Å². The molecule has 0 saturated carbocycles. The molecule has 2 heteroatoms. The SMILES string of the molecule is Cc1c(/C=C\N)n(-c2ccccc2)c2ccc(-c3ccc4cc(-c5c6ccccc6c(-c6ccc(-c7ccc8ccccc8c7)cc6)c6ccccc56)ccc4c3)cc12. The summed E-state index contributed by atoms with van der Waals surface area (Å²) < 4.78 is 2.29. The lowest BCUT2D eigenvalue weighted by Crippen LogP contribution is -1.97. The molecular weight excluding hydrogens is 713 g/mol. The Morgan fingerprint density at radius 1 is 0.373 bits per heavy atom. The third-order valence-electron chi connectivity index (χ3n) is 12.2. The van der Waals surface area contributed by atoms with Crippen LogP contribution < -0.4 is 5.73 Å². The van der Waals surface area contributed by atoms with E-state index in [0.717, 1.165) is 11.4 Å². The summed E-state index contributed by atoms with van der Waals surface area (Å²) in [7, 11) is 0. The van der Waals surface area contributed by atoms with Gasteiger partial charge in [-0.25, -0.2) is 0 Å². The van der Waals surface area contributed by atoms with Crippen LogP contribution in [0.5, 0.6) is 0 Å². The number of hydrogen-bond donors (Lipinski definition) is 1. The van der Waals surface area contributed by atoms with Crippen molar-refractivity contribution in [2.75, 3.05) is 0 Å². The lowest BCUT2D eigenvalue weighted by atomic mass is 9.85. The fourth-order valence-electron chi connectivity index (χ4n) is 9.32. The molecule has 0 spiro atoms. The minimum absolute atomic E-state index is 1.10. The molecule has 0 aliphatic heterocycles. The van der Waals surface area contributed by atoms with Crippen LogP contribution in [0.25, 0.3) is 110 Å². The number of hydrogen-bond acceptors (Lipinski definition) is 1. The summed E-state index contributed by atoms with van der Waals surface area (Å²) in [5, 5.41) is 11.2. The number of nitrogens with two attached hydrogens (primary N) is 1. The van der Waals surface area contributed by atoms with Gasteiger partial charge in [0.15, 0.2) is 0 Å². The molecule has 0 fully saturated rings. The van der Waals surface area contributed by atoms with Crippen LogP contribution in [0, 0.1) is 6.92 Å². The van der Waals surface area contributed by atoms with Crippen molar-refractivity contribution in [3.05, 3.63) is 218 Å². The van der Waals surface area contributed by atoms with Gasteiger partial charge in [-0.3, -0.25) is 0 Å². The van der Waals surface area contributed by atoms with E-state index in [9.17, 15) is 0 Å². The van der Waals surface area contributed by atoms with Gasteiger partial charge in [0.1, 0.15) is 0 Å². The predicted octanol–water partition coefficient (Wildman–Crippen LogP) is 15.1. The standard InChI is InChI=1S/C57H40N2/c1-37-53-36-46(29-30-55(53)59(54(37)31-32-58)48-13-3-2-4-14-48)44-25-26-45-35-47(28-27-43(45)34-44)57-51-17-9-7-15-49(51)56(50-16-8-10-18-52(50)57)40-22-19-39(20-23-40)42-24-21-38-11-5-6-12-41(38)33-42/h2-36H,58H2,1H3/b32-31-. The van der Waals surface area contributed by atoms with Crippen LogP contribution in [-0.2, 0) is 0 Å². The Bertz CT molecular complexity index is 3380. The molecule has 2 nitrogen and oxygen atoms in total. The van der Waals surface area contributed by atoms with E-state index < -0.39 is 0 Å². The van der Waals surface area contributed by atoms with Crippen molar-refractivity contribution in [3.63, 3.8) is 0 Å². The molecular formula is C57H40N2. The summed E-state index contributed by atoms with van der Waals surface area (Å²) in [4.78, 5) is 0. The maximum Gasteiger partial charge on any atom is 0.0538 e. The van der Waals surface area contributed by atoms with E-state index in [4.69, 9.17) is 5.73 Å². The smallest absolute Gasteiger partial charge is 0.0538 e. The number of fused-ring (bicyclic) bond motifs is 5. The van der Waals surface area contributed by atoms with Crippen LogP contribution in [0.15, 0.2) is 206 Å². The van der Waals surface area contributed by atoms with Crippen LogP contribution in [-0.4, -0.2) is 4.57 Å². The van der Waals surface area contributed by atoms with E-state index >= 15 is 0 Å². The number of rotatable bonds is 6. The van der Waals surface area contributed by atoms with Crippen molar-refractivity contribution in [2.45, 2.75) is 6.92 Å². The van der Waals surface area contributed by atoms with Gasteiger partial charge in [-0.05, 0) is 155 Å². The van der Waals surface area contributed by atoms with Gasteiger partial charge in [0.2, 0.25) is 0 Å². The molecule has 1 aromatic heterocycles. The zero-order chi connectivity index (χ0) is 39.5. The van der Waals surface area contributed by atoms with Gasteiger partial charge in [-0.1, -0.05) is 158 Å². The summed E-state index contributed by atoms with van der Waals surface area (Å²) in [5.41, 5.74) is 20.4. The molecule has 10 aromatic carbocycles. The maximum absolute atomic E-state index is 5.94. The molecule has 11 rings (SSSR count). The molecule has 59 heavy (non-hydrogen) atoms. The third-order valence-corrected chi connectivity index (χ3v) is 12.2. The van der Waals surface area contributed by atoms with Crippen molar-refractivity contribution in [1.82, 2.24) is 4.57 Å². The Hall–Kier alpha value is -7.68. The van der Waals surface area contributed by atoms with E-state index in [1.807, 2.05) is 6.08 Å². The first-order chi connectivity index (χ1) is 29.1. The van der Waals surface area contributed by atoms with Gasteiger partial charge < -0.3 is 10.3 Å². The van der Waals surface area contributed by atoms with Gasteiger partial charge in [-0.15, -0.1) is 0 Å². The zero-order valence-corrected chi connectivity index (χ0v) is 32.7. The molecule has 2 N–H and O–H groups in total. The lowest BCUT2D eigenvalue weighted by Gasteiger charge is -2.18. The molecule has 0 amide bonds. The second-order valence-electron chi connectivity index (χ2n) is 15.5. The average Bonchev–Trinajstić information content (AvgIpc) is 3.57. The molecule has 0 radical (unpaired) electrons. The number of para-hydroxylation sites is 1. The van der Waals surface area contributed by atoms with Gasteiger partial charge in [0, 0.05) is 11.1 Å². The van der Waals surface area contributed by atoms with Gasteiger partial charge in [0.05, 0.1) is 11.2 Å². The first-order valence-corrected chi connectivity index (χ1v) is 20.3. The molecule has 0 unspecified atom stereocenters. The monoisotopic (exact) mass is 752 g/mol. The second-order valence-corrected chi connectivity index (χ2v) is 15.5. The van der Waals surface area contributed by atoms with Crippen LogP contribution in [0.3, 0.4) is 0 Å². The predicted molar refractivity (Wildman–Crippen MR) is 253 cm³/mol. The fourth-order valence-corrected chi connectivity index (χ4v) is 9.32. The van der Waals surface area contributed by atoms with Crippen molar-refractivity contribution in [2.24, 2.45) is 5.73 Å². The van der Waals surface area contributed by atoms with E-state index in [0.29, 0.717) is 0 Å². The van der Waals surface area contributed by atoms with Crippen LogP contribution in [0.2, 0.25) is 0 Å². The summed E-state index contributed by atoms with van der Waals surface area (Å²) in [6.07, 6.45) is 3.63. The van der Waals surface area contributed by atoms with E-state index in [-0.39, 0.29) is 0 Å². The van der Waals surface area contributed by atoms with E-state index in [2.05, 4.69) is 212 Å². The highest BCUT2D eigenvalue weighted by Gasteiger charge is 2.18. The van der Waals surface area contributed by atoms with Gasteiger partial charge >= 0.3 is 0 Å². The fraction of sp³-hybridized carbons (Fsp3) is 0.0175. The highest BCUT2D eigenvalue weighted by atomic mass is 15.0. The Kier molecular flexibility index (Phi) is 8.23. The van der Waals surface area contributed by atoms with Crippen LogP contribution in [0.4, 0.5) is 0 Å².